The SMILES string of the molecule is CCC(C)C1=Nc2c(sc3ccc(-c4ccccc4)cc23)C(C2=CCC(C)C=C2)N1. The summed E-state index contributed by atoms with van der Waals surface area (Å²) in [5.74, 6) is 2.16. The Bertz CT molecular complexity index is 1170. The lowest BCUT2D eigenvalue weighted by atomic mass is 9.91. The van der Waals surface area contributed by atoms with Gasteiger partial charge in [-0.2, -0.15) is 0 Å². The highest BCUT2D eigenvalue weighted by Gasteiger charge is 2.30. The Morgan fingerprint density at radius 1 is 1.13 bits per heavy atom. The quantitative estimate of drug-likeness (QED) is 0.464. The van der Waals surface area contributed by atoms with Crippen LogP contribution in [0.15, 0.2) is 77.3 Å². The summed E-state index contributed by atoms with van der Waals surface area (Å²) in [5, 5.41) is 5.07. The van der Waals surface area contributed by atoms with Crippen LogP contribution in [-0.4, -0.2) is 5.84 Å². The molecule has 30 heavy (non-hydrogen) atoms. The molecule has 1 aliphatic heterocycles. The molecule has 0 radical (unpaired) electrons. The lowest BCUT2D eigenvalue weighted by Gasteiger charge is -2.29. The molecule has 0 saturated heterocycles. The van der Waals surface area contributed by atoms with Gasteiger partial charge in [0.15, 0.2) is 0 Å². The minimum Gasteiger partial charge on any atom is -0.361 e. The minimum atomic E-state index is 0.197. The van der Waals surface area contributed by atoms with Gasteiger partial charge in [-0.05, 0) is 47.6 Å². The third-order valence-electron chi connectivity index (χ3n) is 6.34. The zero-order valence-corrected chi connectivity index (χ0v) is 18.7. The van der Waals surface area contributed by atoms with Crippen molar-refractivity contribution in [3.8, 4) is 11.1 Å². The molecule has 3 unspecified atom stereocenters. The van der Waals surface area contributed by atoms with Crippen molar-refractivity contribution in [3.63, 3.8) is 0 Å². The van der Waals surface area contributed by atoms with Crippen LogP contribution >= 0.6 is 11.3 Å². The Kier molecular flexibility index (Phi) is 5.08. The molecule has 3 heteroatoms. The van der Waals surface area contributed by atoms with Crippen molar-refractivity contribution >= 4 is 32.9 Å². The van der Waals surface area contributed by atoms with Crippen molar-refractivity contribution in [2.24, 2.45) is 16.8 Å². The lowest BCUT2D eigenvalue weighted by molar-refractivity contribution is 0.647. The van der Waals surface area contributed by atoms with Gasteiger partial charge in [0, 0.05) is 16.0 Å². The minimum absolute atomic E-state index is 0.197. The van der Waals surface area contributed by atoms with E-state index in [-0.39, 0.29) is 6.04 Å². The fourth-order valence-electron chi connectivity index (χ4n) is 4.23. The van der Waals surface area contributed by atoms with Gasteiger partial charge >= 0.3 is 0 Å². The first-order valence-corrected chi connectivity index (χ1v) is 11.8. The molecule has 2 aliphatic rings. The van der Waals surface area contributed by atoms with Crippen molar-refractivity contribution in [3.05, 3.63) is 77.2 Å². The highest BCUT2D eigenvalue weighted by Crippen LogP contribution is 2.47. The maximum atomic E-state index is 5.16. The number of hydrogen-bond acceptors (Lipinski definition) is 3. The lowest BCUT2D eigenvalue weighted by Crippen LogP contribution is -2.35. The molecular formula is C27H28N2S. The van der Waals surface area contributed by atoms with Crippen LogP contribution in [0.4, 0.5) is 5.69 Å². The highest BCUT2D eigenvalue weighted by atomic mass is 32.1. The zero-order chi connectivity index (χ0) is 20.7. The van der Waals surface area contributed by atoms with E-state index in [1.54, 1.807) is 0 Å². The second kappa shape index (κ2) is 7.88. The molecule has 152 valence electrons. The zero-order valence-electron chi connectivity index (χ0n) is 17.9. The van der Waals surface area contributed by atoms with Gasteiger partial charge in [0.05, 0.1) is 16.6 Å². The number of nitrogens with zero attached hydrogens (tertiary/aromatic N) is 1. The molecule has 5 rings (SSSR count). The Morgan fingerprint density at radius 3 is 2.70 bits per heavy atom. The van der Waals surface area contributed by atoms with E-state index in [9.17, 15) is 0 Å². The Morgan fingerprint density at radius 2 is 1.97 bits per heavy atom. The highest BCUT2D eigenvalue weighted by molar-refractivity contribution is 7.20. The fraction of sp³-hybridized carbons (Fsp3) is 0.296. The first-order chi connectivity index (χ1) is 14.6. The van der Waals surface area contributed by atoms with Crippen LogP contribution in [0.3, 0.4) is 0 Å². The van der Waals surface area contributed by atoms with Gasteiger partial charge in [0.2, 0.25) is 0 Å². The Balaban J connectivity index is 1.66. The molecule has 0 spiro atoms. The van der Waals surface area contributed by atoms with E-state index in [0.717, 1.165) is 18.7 Å². The number of allylic oxidation sites excluding steroid dienone is 2. The first kappa shape index (κ1) is 19.3. The number of rotatable bonds is 4. The van der Waals surface area contributed by atoms with Crippen molar-refractivity contribution in [1.29, 1.82) is 0 Å². The molecule has 3 aromatic rings. The molecule has 2 heterocycles. The molecule has 3 atom stereocenters. The summed E-state index contributed by atoms with van der Waals surface area (Å²) in [7, 11) is 0. The van der Waals surface area contributed by atoms with Crippen LogP contribution in [0, 0.1) is 11.8 Å². The molecule has 2 nitrogen and oxygen atoms in total. The average Bonchev–Trinajstić information content (AvgIpc) is 3.17. The third kappa shape index (κ3) is 3.41. The summed E-state index contributed by atoms with van der Waals surface area (Å²) in [6.45, 7) is 6.78. The maximum Gasteiger partial charge on any atom is 0.106 e. The number of hydrogen-bond donors (Lipinski definition) is 1. The number of benzene rings is 2. The van der Waals surface area contributed by atoms with Crippen LogP contribution in [-0.2, 0) is 0 Å². The van der Waals surface area contributed by atoms with Gasteiger partial charge in [-0.15, -0.1) is 11.3 Å². The van der Waals surface area contributed by atoms with Gasteiger partial charge < -0.3 is 5.32 Å². The predicted octanol–water partition coefficient (Wildman–Crippen LogP) is 7.81. The molecule has 1 N–H and O–H groups in total. The van der Waals surface area contributed by atoms with Crippen molar-refractivity contribution in [2.75, 3.05) is 0 Å². The summed E-state index contributed by atoms with van der Waals surface area (Å²) < 4.78 is 1.31. The van der Waals surface area contributed by atoms with Crippen molar-refractivity contribution in [1.82, 2.24) is 5.32 Å². The first-order valence-electron chi connectivity index (χ1n) is 11.0. The van der Waals surface area contributed by atoms with Crippen LogP contribution in [0.5, 0.6) is 0 Å². The van der Waals surface area contributed by atoms with Crippen molar-refractivity contribution in [2.45, 2.75) is 39.7 Å². The number of thiophene rings is 1. The van der Waals surface area contributed by atoms with E-state index < -0.39 is 0 Å². The van der Waals surface area contributed by atoms with Gasteiger partial charge in [-0.25, -0.2) is 4.99 Å². The largest absolute Gasteiger partial charge is 0.361 e. The van der Waals surface area contributed by atoms with E-state index in [4.69, 9.17) is 4.99 Å². The maximum absolute atomic E-state index is 5.16. The summed E-state index contributed by atoms with van der Waals surface area (Å²) in [6, 6.07) is 17.7. The summed E-state index contributed by atoms with van der Waals surface area (Å²) in [5.41, 5.74) is 5.05. The molecule has 1 aromatic heterocycles. The van der Waals surface area contributed by atoms with E-state index in [1.165, 1.54) is 37.4 Å². The monoisotopic (exact) mass is 412 g/mol. The molecule has 0 fully saturated rings. The Labute approximate surface area is 183 Å². The number of aliphatic imine (C=N–C) groups is 1. The van der Waals surface area contributed by atoms with Crippen molar-refractivity contribution < 1.29 is 0 Å². The van der Waals surface area contributed by atoms with Crippen LogP contribution in [0.2, 0.25) is 0 Å². The molecule has 0 saturated carbocycles. The summed E-state index contributed by atoms with van der Waals surface area (Å²) in [6.07, 6.45) is 9.25. The number of fused-ring (bicyclic) bond motifs is 3. The molecule has 2 aromatic carbocycles. The molecular weight excluding hydrogens is 384 g/mol. The van der Waals surface area contributed by atoms with E-state index >= 15 is 0 Å². The summed E-state index contributed by atoms with van der Waals surface area (Å²) in [4.78, 5) is 6.50. The molecule has 0 amide bonds. The second-order valence-corrected chi connectivity index (χ2v) is 9.64. The average molecular weight is 413 g/mol. The van der Waals surface area contributed by atoms with Gasteiger partial charge in [-0.3, -0.25) is 0 Å². The number of nitrogens with one attached hydrogen (secondary N) is 1. The van der Waals surface area contributed by atoms with E-state index in [1.807, 2.05) is 11.3 Å². The van der Waals surface area contributed by atoms with E-state index in [2.05, 4.69) is 92.8 Å². The van der Waals surface area contributed by atoms with Gasteiger partial charge in [-0.1, -0.05) is 75.4 Å². The fourth-order valence-corrected chi connectivity index (χ4v) is 5.43. The Hall–Kier alpha value is -2.65. The second-order valence-electron chi connectivity index (χ2n) is 8.55. The standard InChI is InChI=1S/C27H28N2S/c1-4-18(3)27-28-24(20-12-10-17(2)11-13-20)26-25(29-27)22-16-21(14-15-23(22)30-26)19-8-6-5-7-9-19/h5-10,12-18,24H,4,11H2,1-3H3,(H,28,29). The summed E-state index contributed by atoms with van der Waals surface area (Å²) >= 11 is 1.88. The predicted molar refractivity (Wildman–Crippen MR) is 131 cm³/mol. The normalized spacial score (nSPS) is 21.6. The smallest absolute Gasteiger partial charge is 0.106 e. The van der Waals surface area contributed by atoms with Crippen LogP contribution in [0.1, 0.15) is 44.5 Å². The third-order valence-corrected chi connectivity index (χ3v) is 7.56. The van der Waals surface area contributed by atoms with E-state index in [0.29, 0.717) is 11.8 Å². The van der Waals surface area contributed by atoms with Gasteiger partial charge in [0.1, 0.15) is 5.84 Å². The topological polar surface area (TPSA) is 24.4 Å². The number of amidine groups is 1. The van der Waals surface area contributed by atoms with Crippen LogP contribution < -0.4 is 5.32 Å². The van der Waals surface area contributed by atoms with Crippen LogP contribution in [0.25, 0.3) is 21.2 Å². The molecule has 0 bridgehead atoms. The van der Waals surface area contributed by atoms with Gasteiger partial charge in [0.25, 0.3) is 0 Å². The molecule has 1 aliphatic carbocycles.